The summed E-state index contributed by atoms with van der Waals surface area (Å²) in [5.41, 5.74) is 0.696. The van der Waals surface area contributed by atoms with E-state index in [1.807, 2.05) is 29.9 Å². The number of ether oxygens (including phenoxy) is 1. The Morgan fingerprint density at radius 2 is 2.25 bits per heavy atom. The van der Waals surface area contributed by atoms with Gasteiger partial charge in [0.25, 0.3) is 0 Å². The van der Waals surface area contributed by atoms with Gasteiger partial charge < -0.3 is 15.4 Å². The highest BCUT2D eigenvalue weighted by molar-refractivity contribution is 6.30. The van der Waals surface area contributed by atoms with Crippen molar-refractivity contribution in [3.8, 4) is 0 Å². The minimum atomic E-state index is -0.0724. The van der Waals surface area contributed by atoms with E-state index in [1.54, 1.807) is 25.3 Å². The summed E-state index contributed by atoms with van der Waals surface area (Å²) in [5.74, 6) is 0.687. The van der Waals surface area contributed by atoms with E-state index >= 15 is 0 Å². The summed E-state index contributed by atoms with van der Waals surface area (Å²) in [4.78, 5) is 12.1. The normalized spacial score (nSPS) is 12.0. The SMILES string of the molecule is COCCCn1ccc(N[C@@H](C)CC(=O)Nc2cccc(Cl)c2)n1. The summed E-state index contributed by atoms with van der Waals surface area (Å²) < 4.78 is 6.89. The number of benzene rings is 1. The number of aryl methyl sites for hydroxylation is 1. The highest BCUT2D eigenvalue weighted by atomic mass is 35.5. The van der Waals surface area contributed by atoms with Crippen LogP contribution in [0.4, 0.5) is 11.5 Å². The largest absolute Gasteiger partial charge is 0.385 e. The summed E-state index contributed by atoms with van der Waals surface area (Å²) >= 11 is 5.91. The Balaban J connectivity index is 1.78. The van der Waals surface area contributed by atoms with E-state index in [0.29, 0.717) is 23.7 Å². The number of rotatable bonds is 9. The summed E-state index contributed by atoms with van der Waals surface area (Å²) in [5, 5.41) is 11.1. The second kappa shape index (κ2) is 9.30. The maximum Gasteiger partial charge on any atom is 0.226 e. The van der Waals surface area contributed by atoms with Crippen LogP contribution in [-0.2, 0) is 16.1 Å². The average Bonchev–Trinajstić information content (AvgIpc) is 2.94. The Morgan fingerprint density at radius 1 is 1.42 bits per heavy atom. The molecule has 0 fully saturated rings. The standard InChI is InChI=1S/C17H23ClN4O2/c1-13(11-17(23)20-15-6-3-5-14(18)12-15)19-16-7-9-22(21-16)8-4-10-24-2/h3,5-7,9,12-13H,4,8,10-11H2,1-2H3,(H,19,21)(H,20,23)/t13-/m0/s1. The maximum atomic E-state index is 12.1. The summed E-state index contributed by atoms with van der Waals surface area (Å²) in [6.45, 7) is 3.46. The highest BCUT2D eigenvalue weighted by Gasteiger charge is 2.11. The number of nitrogens with zero attached hydrogens (tertiary/aromatic N) is 2. The predicted molar refractivity (Wildman–Crippen MR) is 96.5 cm³/mol. The van der Waals surface area contributed by atoms with Crippen molar-refractivity contribution in [3.05, 3.63) is 41.6 Å². The van der Waals surface area contributed by atoms with Gasteiger partial charge in [-0.05, 0) is 31.5 Å². The van der Waals surface area contributed by atoms with Gasteiger partial charge in [-0.1, -0.05) is 17.7 Å². The van der Waals surface area contributed by atoms with Gasteiger partial charge in [0.2, 0.25) is 5.91 Å². The minimum Gasteiger partial charge on any atom is -0.385 e. The molecule has 1 amide bonds. The van der Waals surface area contributed by atoms with Crippen LogP contribution in [0.5, 0.6) is 0 Å². The van der Waals surface area contributed by atoms with Crippen LogP contribution in [0, 0.1) is 0 Å². The molecule has 2 N–H and O–H groups in total. The van der Waals surface area contributed by atoms with Crippen LogP contribution in [0.3, 0.4) is 0 Å². The molecule has 0 radical (unpaired) electrons. The molecule has 6 nitrogen and oxygen atoms in total. The highest BCUT2D eigenvalue weighted by Crippen LogP contribution is 2.15. The minimum absolute atomic E-state index is 0.0356. The first-order valence-corrected chi connectivity index (χ1v) is 8.29. The number of hydrogen-bond donors (Lipinski definition) is 2. The Bertz CT molecular complexity index is 660. The smallest absolute Gasteiger partial charge is 0.226 e. The topological polar surface area (TPSA) is 68.2 Å². The van der Waals surface area contributed by atoms with Crippen LogP contribution in [-0.4, -0.2) is 35.4 Å². The van der Waals surface area contributed by atoms with Crippen molar-refractivity contribution in [1.29, 1.82) is 0 Å². The van der Waals surface area contributed by atoms with Crippen molar-refractivity contribution in [2.45, 2.75) is 32.4 Å². The molecule has 0 saturated carbocycles. The second-order valence-corrected chi connectivity index (χ2v) is 6.05. The molecule has 2 rings (SSSR count). The molecule has 0 aliphatic heterocycles. The van der Waals surface area contributed by atoms with Gasteiger partial charge in [-0.15, -0.1) is 0 Å². The molecule has 130 valence electrons. The third kappa shape index (κ3) is 6.22. The lowest BCUT2D eigenvalue weighted by Gasteiger charge is -2.13. The van der Waals surface area contributed by atoms with Gasteiger partial charge in [0.15, 0.2) is 0 Å². The van der Waals surface area contributed by atoms with E-state index in [4.69, 9.17) is 16.3 Å². The molecule has 24 heavy (non-hydrogen) atoms. The molecule has 0 unspecified atom stereocenters. The molecule has 0 saturated heterocycles. The maximum absolute atomic E-state index is 12.1. The summed E-state index contributed by atoms with van der Waals surface area (Å²) in [6, 6.07) is 8.97. The molecule has 1 aromatic carbocycles. The molecule has 1 atom stereocenters. The monoisotopic (exact) mass is 350 g/mol. The number of carbonyl (C=O) groups is 1. The van der Waals surface area contributed by atoms with Crippen LogP contribution >= 0.6 is 11.6 Å². The molecule has 0 bridgehead atoms. The number of hydrogen-bond acceptors (Lipinski definition) is 4. The lowest BCUT2D eigenvalue weighted by atomic mass is 10.2. The van der Waals surface area contributed by atoms with Gasteiger partial charge in [-0.25, -0.2) is 0 Å². The number of aromatic nitrogens is 2. The van der Waals surface area contributed by atoms with Crippen molar-refractivity contribution in [2.75, 3.05) is 24.4 Å². The Morgan fingerprint density at radius 3 is 3.00 bits per heavy atom. The molecule has 0 spiro atoms. The molecule has 2 aromatic rings. The van der Waals surface area contributed by atoms with E-state index < -0.39 is 0 Å². The van der Waals surface area contributed by atoms with Crippen molar-refractivity contribution in [3.63, 3.8) is 0 Å². The van der Waals surface area contributed by atoms with Crippen molar-refractivity contribution < 1.29 is 9.53 Å². The van der Waals surface area contributed by atoms with E-state index in [9.17, 15) is 4.79 Å². The zero-order valence-corrected chi connectivity index (χ0v) is 14.7. The lowest BCUT2D eigenvalue weighted by Crippen LogP contribution is -2.24. The van der Waals surface area contributed by atoms with Gasteiger partial charge in [0.05, 0.1) is 0 Å². The fourth-order valence-electron chi connectivity index (χ4n) is 2.29. The summed E-state index contributed by atoms with van der Waals surface area (Å²) in [7, 11) is 1.69. The molecule has 1 aromatic heterocycles. The van der Waals surface area contributed by atoms with E-state index in [1.165, 1.54) is 0 Å². The second-order valence-electron chi connectivity index (χ2n) is 5.62. The van der Waals surface area contributed by atoms with Gasteiger partial charge in [0, 0.05) is 55.7 Å². The third-order valence-corrected chi connectivity index (χ3v) is 3.61. The summed E-state index contributed by atoms with van der Waals surface area (Å²) in [6.07, 6.45) is 3.16. The Kier molecular flexibility index (Phi) is 7.08. The first-order valence-electron chi connectivity index (χ1n) is 7.91. The van der Waals surface area contributed by atoms with Crippen LogP contribution in [0.1, 0.15) is 19.8 Å². The zero-order valence-electron chi connectivity index (χ0n) is 14.0. The molecule has 1 heterocycles. The van der Waals surface area contributed by atoms with Crippen LogP contribution < -0.4 is 10.6 Å². The number of carbonyl (C=O) groups excluding carboxylic acids is 1. The molecule has 7 heteroatoms. The van der Waals surface area contributed by atoms with Crippen molar-refractivity contribution in [2.24, 2.45) is 0 Å². The Hall–Kier alpha value is -2.05. The molecular formula is C17H23ClN4O2. The van der Waals surface area contributed by atoms with Crippen LogP contribution in [0.2, 0.25) is 5.02 Å². The van der Waals surface area contributed by atoms with Crippen molar-refractivity contribution >= 4 is 29.0 Å². The van der Waals surface area contributed by atoms with Crippen LogP contribution in [0.15, 0.2) is 36.5 Å². The number of amides is 1. The number of methoxy groups -OCH3 is 1. The number of halogens is 1. The molecule has 0 aliphatic carbocycles. The number of nitrogens with one attached hydrogen (secondary N) is 2. The van der Waals surface area contributed by atoms with Gasteiger partial charge in [0.1, 0.15) is 5.82 Å². The molecular weight excluding hydrogens is 328 g/mol. The zero-order chi connectivity index (χ0) is 17.4. The van der Waals surface area contributed by atoms with E-state index in [0.717, 1.165) is 18.8 Å². The lowest BCUT2D eigenvalue weighted by molar-refractivity contribution is -0.116. The quantitative estimate of drug-likeness (QED) is 0.680. The van der Waals surface area contributed by atoms with Gasteiger partial charge in [-0.3, -0.25) is 9.48 Å². The van der Waals surface area contributed by atoms with Gasteiger partial charge >= 0.3 is 0 Å². The van der Waals surface area contributed by atoms with Crippen molar-refractivity contribution in [1.82, 2.24) is 9.78 Å². The first-order chi connectivity index (χ1) is 11.6. The Labute approximate surface area is 147 Å². The van der Waals surface area contributed by atoms with E-state index in [-0.39, 0.29) is 11.9 Å². The van der Waals surface area contributed by atoms with Crippen LogP contribution in [0.25, 0.3) is 0 Å². The first kappa shape index (κ1) is 18.3. The fraction of sp³-hybridized carbons (Fsp3) is 0.412. The van der Waals surface area contributed by atoms with E-state index in [2.05, 4.69) is 15.7 Å². The third-order valence-electron chi connectivity index (χ3n) is 3.37. The fourth-order valence-corrected chi connectivity index (χ4v) is 2.48. The molecule has 0 aliphatic rings. The average molecular weight is 351 g/mol. The predicted octanol–water partition coefficient (Wildman–Crippen LogP) is 3.40. The number of anilines is 2. The van der Waals surface area contributed by atoms with Gasteiger partial charge in [-0.2, -0.15) is 5.10 Å².